The minimum atomic E-state index is -0.0109. The molecular formula is C14H22O. The molecule has 2 rings (SSSR count). The van der Waals surface area contributed by atoms with Gasteiger partial charge in [-0.05, 0) is 31.1 Å². The Morgan fingerprint density at radius 1 is 1.47 bits per heavy atom. The topological polar surface area (TPSA) is 17.1 Å². The average molecular weight is 206 g/mol. The number of aldehydes is 1. The molecule has 0 spiro atoms. The molecule has 0 aromatic carbocycles. The number of hydrogen-bond acceptors (Lipinski definition) is 1. The molecule has 0 bridgehead atoms. The van der Waals surface area contributed by atoms with Crippen molar-refractivity contribution in [2.45, 2.75) is 51.9 Å². The van der Waals surface area contributed by atoms with Gasteiger partial charge in [0, 0.05) is 5.41 Å². The van der Waals surface area contributed by atoms with E-state index in [2.05, 4.69) is 19.1 Å². The van der Waals surface area contributed by atoms with E-state index in [-0.39, 0.29) is 5.41 Å². The Morgan fingerprint density at radius 2 is 2.27 bits per heavy atom. The van der Waals surface area contributed by atoms with Crippen molar-refractivity contribution in [3.05, 3.63) is 12.2 Å². The maximum absolute atomic E-state index is 11.3. The van der Waals surface area contributed by atoms with Crippen molar-refractivity contribution in [2.24, 2.45) is 17.3 Å². The third-order valence-electron chi connectivity index (χ3n) is 3.95. The minimum Gasteiger partial charge on any atom is -0.303 e. The van der Waals surface area contributed by atoms with Gasteiger partial charge < -0.3 is 4.79 Å². The lowest BCUT2D eigenvalue weighted by molar-refractivity contribution is -0.117. The Bertz CT molecular complexity index is 252. The second kappa shape index (κ2) is 4.51. The highest BCUT2D eigenvalue weighted by molar-refractivity contribution is 5.60. The van der Waals surface area contributed by atoms with Crippen LogP contribution >= 0.6 is 0 Å². The van der Waals surface area contributed by atoms with Gasteiger partial charge in [-0.3, -0.25) is 0 Å². The lowest BCUT2D eigenvalue weighted by atomic mass is 9.71. The molecule has 2 atom stereocenters. The van der Waals surface area contributed by atoms with Gasteiger partial charge in [-0.2, -0.15) is 0 Å². The van der Waals surface area contributed by atoms with E-state index < -0.39 is 0 Å². The fourth-order valence-corrected chi connectivity index (χ4v) is 2.84. The van der Waals surface area contributed by atoms with Gasteiger partial charge in [0.2, 0.25) is 0 Å². The number of rotatable bonds is 5. The van der Waals surface area contributed by atoms with Gasteiger partial charge in [0.1, 0.15) is 6.29 Å². The molecule has 1 fully saturated rings. The molecule has 0 radical (unpaired) electrons. The highest BCUT2D eigenvalue weighted by atomic mass is 16.1. The summed E-state index contributed by atoms with van der Waals surface area (Å²) in [6.07, 6.45) is 14.3. The summed E-state index contributed by atoms with van der Waals surface area (Å²) in [5.74, 6) is 1.59. The molecule has 0 amide bonds. The third kappa shape index (κ3) is 2.93. The zero-order valence-electron chi connectivity index (χ0n) is 9.74. The van der Waals surface area contributed by atoms with E-state index in [4.69, 9.17) is 0 Å². The van der Waals surface area contributed by atoms with Crippen molar-refractivity contribution in [1.82, 2.24) is 0 Å². The first-order valence-electron chi connectivity index (χ1n) is 6.37. The summed E-state index contributed by atoms with van der Waals surface area (Å²) < 4.78 is 0. The molecule has 0 aromatic rings. The monoisotopic (exact) mass is 206 g/mol. The summed E-state index contributed by atoms with van der Waals surface area (Å²) in [5, 5.41) is 0. The van der Waals surface area contributed by atoms with E-state index >= 15 is 0 Å². The Morgan fingerprint density at radius 3 is 2.87 bits per heavy atom. The van der Waals surface area contributed by atoms with Crippen molar-refractivity contribution < 1.29 is 4.79 Å². The largest absolute Gasteiger partial charge is 0.303 e. The summed E-state index contributed by atoms with van der Waals surface area (Å²) in [5.41, 5.74) is -0.0109. The van der Waals surface area contributed by atoms with Crippen molar-refractivity contribution in [1.29, 1.82) is 0 Å². The molecule has 0 heterocycles. The first kappa shape index (κ1) is 10.9. The maximum atomic E-state index is 11.3. The van der Waals surface area contributed by atoms with Gasteiger partial charge >= 0.3 is 0 Å². The van der Waals surface area contributed by atoms with Gasteiger partial charge in [0.15, 0.2) is 0 Å². The number of hydrogen-bond donors (Lipinski definition) is 0. The molecule has 15 heavy (non-hydrogen) atoms. The third-order valence-corrected chi connectivity index (χ3v) is 3.95. The van der Waals surface area contributed by atoms with Gasteiger partial charge in [0.05, 0.1) is 0 Å². The zero-order chi connectivity index (χ0) is 10.7. The molecule has 0 aliphatic heterocycles. The predicted octanol–water partition coefficient (Wildman–Crippen LogP) is 3.74. The van der Waals surface area contributed by atoms with Gasteiger partial charge in [-0.25, -0.2) is 0 Å². The average Bonchev–Trinajstić information content (AvgIpc) is 3.02. The molecule has 0 saturated heterocycles. The van der Waals surface area contributed by atoms with Gasteiger partial charge in [-0.1, -0.05) is 44.8 Å². The molecule has 2 aliphatic rings. The number of carbonyl (C=O) groups is 1. The second-order valence-electron chi connectivity index (χ2n) is 5.63. The Labute approximate surface area is 92.9 Å². The van der Waals surface area contributed by atoms with Crippen LogP contribution in [0.4, 0.5) is 0 Å². The van der Waals surface area contributed by atoms with Crippen LogP contribution in [0.25, 0.3) is 0 Å². The predicted molar refractivity (Wildman–Crippen MR) is 62.6 cm³/mol. The van der Waals surface area contributed by atoms with Crippen LogP contribution in [0.1, 0.15) is 51.9 Å². The Balaban J connectivity index is 1.83. The van der Waals surface area contributed by atoms with Gasteiger partial charge in [0.25, 0.3) is 0 Å². The minimum absolute atomic E-state index is 0.0109. The van der Waals surface area contributed by atoms with Crippen LogP contribution in [0.2, 0.25) is 0 Å². The highest BCUT2D eigenvalue weighted by Crippen LogP contribution is 2.40. The van der Waals surface area contributed by atoms with E-state index in [1.807, 2.05) is 0 Å². The fourth-order valence-electron chi connectivity index (χ4n) is 2.84. The lowest BCUT2D eigenvalue weighted by Gasteiger charge is -2.32. The summed E-state index contributed by atoms with van der Waals surface area (Å²) >= 11 is 0. The van der Waals surface area contributed by atoms with E-state index in [0.29, 0.717) is 5.92 Å². The first-order chi connectivity index (χ1) is 7.24. The summed E-state index contributed by atoms with van der Waals surface area (Å²) in [7, 11) is 0. The van der Waals surface area contributed by atoms with E-state index in [1.165, 1.54) is 32.0 Å². The molecule has 0 aromatic heterocycles. The van der Waals surface area contributed by atoms with Crippen molar-refractivity contribution in [3.8, 4) is 0 Å². The van der Waals surface area contributed by atoms with E-state index in [9.17, 15) is 4.79 Å². The van der Waals surface area contributed by atoms with Crippen LogP contribution in [0.15, 0.2) is 12.2 Å². The molecule has 0 unspecified atom stereocenters. The zero-order valence-corrected chi connectivity index (χ0v) is 9.74. The number of carbonyl (C=O) groups excluding carboxylic acids is 1. The Kier molecular flexibility index (Phi) is 3.28. The molecule has 1 nitrogen and oxygen atoms in total. The standard InChI is InChI=1S/C14H22O/c1-12-4-2-8-14(10-12,11-15)9-3-5-13-6-7-13/h2,4,11-13H,3,5-10H2,1H3/t12-,14+/m1/s1. The summed E-state index contributed by atoms with van der Waals surface area (Å²) in [6, 6.07) is 0. The molecule has 2 aliphatic carbocycles. The quantitative estimate of drug-likeness (QED) is 0.494. The summed E-state index contributed by atoms with van der Waals surface area (Å²) in [6.45, 7) is 2.22. The van der Waals surface area contributed by atoms with Crippen LogP contribution in [0.3, 0.4) is 0 Å². The maximum Gasteiger partial charge on any atom is 0.126 e. The van der Waals surface area contributed by atoms with Crippen LogP contribution in [0, 0.1) is 17.3 Å². The van der Waals surface area contributed by atoms with Crippen molar-refractivity contribution in [2.75, 3.05) is 0 Å². The number of allylic oxidation sites excluding steroid dienone is 2. The lowest BCUT2D eigenvalue weighted by Crippen LogP contribution is -2.27. The van der Waals surface area contributed by atoms with Crippen LogP contribution < -0.4 is 0 Å². The molecule has 1 heteroatoms. The highest BCUT2D eigenvalue weighted by Gasteiger charge is 2.32. The normalized spacial score (nSPS) is 35.4. The van der Waals surface area contributed by atoms with Crippen molar-refractivity contribution >= 4 is 6.29 Å². The first-order valence-corrected chi connectivity index (χ1v) is 6.37. The van der Waals surface area contributed by atoms with Crippen LogP contribution in [-0.2, 0) is 4.79 Å². The van der Waals surface area contributed by atoms with Gasteiger partial charge in [-0.15, -0.1) is 0 Å². The molecular weight excluding hydrogens is 184 g/mol. The van der Waals surface area contributed by atoms with Crippen molar-refractivity contribution in [3.63, 3.8) is 0 Å². The molecule has 1 saturated carbocycles. The van der Waals surface area contributed by atoms with E-state index in [0.717, 1.165) is 25.2 Å². The smallest absolute Gasteiger partial charge is 0.126 e. The SMILES string of the molecule is C[C@@H]1C=CC[C@](C=O)(CCCC2CC2)C1. The van der Waals surface area contributed by atoms with E-state index in [1.54, 1.807) is 0 Å². The molecule has 84 valence electrons. The fraction of sp³-hybridized carbons (Fsp3) is 0.786. The van der Waals surface area contributed by atoms with Crippen LogP contribution in [0.5, 0.6) is 0 Å². The summed E-state index contributed by atoms with van der Waals surface area (Å²) in [4.78, 5) is 11.3. The van der Waals surface area contributed by atoms with Crippen LogP contribution in [-0.4, -0.2) is 6.29 Å². The second-order valence-corrected chi connectivity index (χ2v) is 5.63. The molecule has 0 N–H and O–H groups in total. The Hall–Kier alpha value is -0.590.